The van der Waals surface area contributed by atoms with Gasteiger partial charge in [-0.05, 0) is 28.8 Å². The van der Waals surface area contributed by atoms with E-state index in [9.17, 15) is 14.7 Å². The highest BCUT2D eigenvalue weighted by Crippen LogP contribution is 2.24. The molecule has 3 rings (SSSR count). The Hall–Kier alpha value is -3.24. The zero-order chi connectivity index (χ0) is 18.4. The van der Waals surface area contributed by atoms with Crippen LogP contribution in [0, 0.1) is 0 Å². The molecule has 26 heavy (non-hydrogen) atoms. The van der Waals surface area contributed by atoms with E-state index in [4.69, 9.17) is 4.74 Å². The summed E-state index contributed by atoms with van der Waals surface area (Å²) in [4.78, 5) is 23.5. The first-order chi connectivity index (χ1) is 12.7. The first-order valence-corrected chi connectivity index (χ1v) is 8.23. The van der Waals surface area contributed by atoms with Gasteiger partial charge in [0.25, 0.3) is 0 Å². The van der Waals surface area contributed by atoms with Crippen LogP contribution in [0.1, 0.15) is 39.3 Å². The van der Waals surface area contributed by atoms with Gasteiger partial charge in [-0.2, -0.15) is 0 Å². The van der Waals surface area contributed by atoms with Gasteiger partial charge in [0.05, 0.1) is 5.56 Å². The summed E-state index contributed by atoms with van der Waals surface area (Å²) in [6.45, 7) is 0. The van der Waals surface area contributed by atoms with E-state index in [0.29, 0.717) is 23.0 Å². The Kier molecular flexibility index (Phi) is 5.56. The van der Waals surface area contributed by atoms with Crippen molar-refractivity contribution in [2.45, 2.75) is 12.2 Å². The molecule has 0 spiro atoms. The molecular formula is C22H18O4. The quantitative estimate of drug-likeness (QED) is 0.544. The van der Waals surface area contributed by atoms with E-state index in [0.717, 1.165) is 5.56 Å². The highest BCUT2D eigenvalue weighted by molar-refractivity contribution is 5.90. The van der Waals surface area contributed by atoms with Gasteiger partial charge in [-0.1, -0.05) is 72.8 Å². The molecule has 0 saturated heterocycles. The molecule has 0 aromatic heterocycles. The maximum absolute atomic E-state index is 12.1. The predicted molar refractivity (Wildman–Crippen MR) is 97.6 cm³/mol. The number of carbonyl (C=O) groups is 2. The lowest BCUT2D eigenvalue weighted by Gasteiger charge is -2.15. The fraction of sp³-hybridized carbons (Fsp3) is 0.0909. The van der Waals surface area contributed by atoms with Crippen molar-refractivity contribution in [2.75, 3.05) is 0 Å². The maximum atomic E-state index is 12.1. The lowest BCUT2D eigenvalue weighted by Crippen LogP contribution is -2.13. The minimum atomic E-state index is -0.995. The Labute approximate surface area is 151 Å². The zero-order valence-corrected chi connectivity index (χ0v) is 14.0. The second kappa shape index (κ2) is 8.23. The van der Waals surface area contributed by atoms with E-state index in [1.54, 1.807) is 54.6 Å². The van der Waals surface area contributed by atoms with Crippen LogP contribution >= 0.6 is 0 Å². The van der Waals surface area contributed by atoms with Crippen LogP contribution in [0.4, 0.5) is 0 Å². The summed E-state index contributed by atoms with van der Waals surface area (Å²) in [5.41, 5.74) is 2.41. The van der Waals surface area contributed by atoms with Gasteiger partial charge in [-0.25, -0.2) is 4.79 Å². The van der Waals surface area contributed by atoms with Crippen LogP contribution in [0.15, 0.2) is 84.9 Å². The summed E-state index contributed by atoms with van der Waals surface area (Å²) in [6.07, 6.45) is -1.17. The normalized spacial score (nSPS) is 12.8. The number of hydrogen-bond acceptors (Lipinski definition) is 4. The number of benzene rings is 3. The molecule has 0 fully saturated rings. The zero-order valence-electron chi connectivity index (χ0n) is 14.0. The average molecular weight is 346 g/mol. The van der Waals surface area contributed by atoms with Gasteiger partial charge >= 0.3 is 5.97 Å². The molecule has 0 aliphatic carbocycles. The van der Waals surface area contributed by atoms with Gasteiger partial charge in [0.2, 0.25) is 0 Å². The summed E-state index contributed by atoms with van der Waals surface area (Å²) in [6, 6.07) is 24.6. The van der Waals surface area contributed by atoms with Crippen LogP contribution in [-0.2, 0) is 9.53 Å². The topological polar surface area (TPSA) is 63.6 Å². The summed E-state index contributed by atoms with van der Waals surface area (Å²) in [7, 11) is 0. The molecule has 0 saturated carbocycles. The van der Waals surface area contributed by atoms with Crippen LogP contribution in [0.2, 0.25) is 0 Å². The van der Waals surface area contributed by atoms with Crippen molar-refractivity contribution >= 4 is 12.3 Å². The minimum absolute atomic E-state index is 0.385. The van der Waals surface area contributed by atoms with Crippen LogP contribution in [0.3, 0.4) is 0 Å². The monoisotopic (exact) mass is 346 g/mol. The highest BCUT2D eigenvalue weighted by Gasteiger charge is 2.18. The molecule has 0 aliphatic heterocycles. The third-order valence-corrected chi connectivity index (χ3v) is 4.06. The third kappa shape index (κ3) is 4.05. The van der Waals surface area contributed by atoms with E-state index in [1.807, 2.05) is 30.3 Å². The van der Waals surface area contributed by atoms with Crippen LogP contribution < -0.4 is 0 Å². The molecule has 3 aromatic rings. The van der Waals surface area contributed by atoms with Gasteiger partial charge in [-0.3, -0.25) is 4.79 Å². The maximum Gasteiger partial charge on any atom is 0.339 e. The van der Waals surface area contributed by atoms with Crippen LogP contribution in [0.25, 0.3) is 0 Å². The van der Waals surface area contributed by atoms with Crippen molar-refractivity contribution in [3.05, 3.63) is 107 Å². The molecule has 0 radical (unpaired) electrons. The Morgan fingerprint density at radius 1 is 0.769 bits per heavy atom. The summed E-state index contributed by atoms with van der Waals surface area (Å²) < 4.78 is 5.29. The Bertz CT molecular complexity index is 858. The van der Waals surface area contributed by atoms with Crippen molar-refractivity contribution in [3.8, 4) is 0 Å². The van der Waals surface area contributed by atoms with Crippen molar-refractivity contribution in [2.24, 2.45) is 0 Å². The van der Waals surface area contributed by atoms with Crippen molar-refractivity contribution < 1.29 is 19.4 Å². The lowest BCUT2D eigenvalue weighted by atomic mass is 9.99. The number of ether oxygens (including phenoxy) is 1. The molecule has 0 heterocycles. The van der Waals surface area contributed by atoms with Crippen molar-refractivity contribution in [3.63, 3.8) is 0 Å². The second-order valence-corrected chi connectivity index (χ2v) is 5.81. The fourth-order valence-electron chi connectivity index (χ4n) is 2.63. The molecule has 0 bridgehead atoms. The van der Waals surface area contributed by atoms with Gasteiger partial charge < -0.3 is 9.84 Å². The average Bonchev–Trinajstić information content (AvgIpc) is 2.72. The Balaban J connectivity index is 1.74. The number of aliphatic hydroxyl groups is 1. The number of aldehydes is 1. The molecule has 130 valence electrons. The van der Waals surface area contributed by atoms with E-state index in [1.165, 1.54) is 0 Å². The van der Waals surface area contributed by atoms with E-state index in [-0.39, 0.29) is 0 Å². The summed E-state index contributed by atoms with van der Waals surface area (Å²) >= 11 is 0. The SMILES string of the molecule is O=CC(OC(=O)c1ccccc1)c1ccc(C(O)c2ccccc2)cc1. The molecule has 0 aliphatic rings. The number of rotatable bonds is 6. The summed E-state index contributed by atoms with van der Waals surface area (Å²) in [5.74, 6) is -0.559. The van der Waals surface area contributed by atoms with E-state index in [2.05, 4.69) is 0 Å². The number of esters is 1. The smallest absolute Gasteiger partial charge is 0.339 e. The third-order valence-electron chi connectivity index (χ3n) is 4.06. The van der Waals surface area contributed by atoms with Gasteiger partial charge in [0.15, 0.2) is 12.4 Å². The second-order valence-electron chi connectivity index (χ2n) is 5.81. The van der Waals surface area contributed by atoms with E-state index >= 15 is 0 Å². The molecular weight excluding hydrogens is 328 g/mol. The highest BCUT2D eigenvalue weighted by atomic mass is 16.5. The number of aliphatic hydroxyl groups excluding tert-OH is 1. The van der Waals surface area contributed by atoms with Crippen LogP contribution in [-0.4, -0.2) is 17.4 Å². The molecule has 2 unspecified atom stereocenters. The predicted octanol–water partition coefficient (Wildman–Crippen LogP) is 3.87. The number of carbonyl (C=O) groups excluding carboxylic acids is 2. The van der Waals surface area contributed by atoms with Crippen molar-refractivity contribution in [1.82, 2.24) is 0 Å². The molecule has 1 N–H and O–H groups in total. The van der Waals surface area contributed by atoms with E-state index < -0.39 is 18.2 Å². The first kappa shape index (κ1) is 17.6. The number of hydrogen-bond donors (Lipinski definition) is 1. The molecule has 0 amide bonds. The minimum Gasteiger partial charge on any atom is -0.446 e. The Morgan fingerprint density at radius 2 is 1.27 bits per heavy atom. The van der Waals surface area contributed by atoms with Gasteiger partial charge in [0, 0.05) is 0 Å². The van der Waals surface area contributed by atoms with Crippen LogP contribution in [0.5, 0.6) is 0 Å². The molecule has 4 heteroatoms. The molecule has 2 atom stereocenters. The van der Waals surface area contributed by atoms with Gasteiger partial charge in [0.1, 0.15) is 6.10 Å². The lowest BCUT2D eigenvalue weighted by molar-refractivity contribution is -0.115. The Morgan fingerprint density at radius 3 is 1.85 bits per heavy atom. The summed E-state index contributed by atoms with van der Waals surface area (Å²) in [5, 5.41) is 10.4. The standard InChI is InChI=1S/C22H18O4/c23-15-20(26-22(25)19-9-5-2-6-10-19)16-11-13-18(14-12-16)21(24)17-7-3-1-4-8-17/h1-15,20-21,24H. The molecule has 3 aromatic carbocycles. The van der Waals surface area contributed by atoms with Crippen molar-refractivity contribution in [1.29, 1.82) is 0 Å². The largest absolute Gasteiger partial charge is 0.446 e. The molecule has 4 nitrogen and oxygen atoms in total. The fourth-order valence-corrected chi connectivity index (χ4v) is 2.63. The van der Waals surface area contributed by atoms with Gasteiger partial charge in [-0.15, -0.1) is 0 Å². The first-order valence-electron chi connectivity index (χ1n) is 8.23.